The maximum absolute atomic E-state index is 10.1. The van der Waals surface area contributed by atoms with Crippen LogP contribution in [0, 0.1) is 0 Å². The average Bonchev–Trinajstić information content (AvgIpc) is 2.73. The summed E-state index contributed by atoms with van der Waals surface area (Å²) in [5.41, 5.74) is 0. The van der Waals surface area contributed by atoms with Gasteiger partial charge in [0.1, 0.15) is 36.9 Å². The molecule has 0 aliphatic carbocycles. The molecule has 2 atom stereocenters. The Morgan fingerprint density at radius 2 is 1.07 bits per heavy atom. The number of ether oxygens (including phenoxy) is 4. The SMILES string of the molecule is OC(COc1ccc(OCC(O)CN2CCOCC2)cc1)CN1CCOCC1. The van der Waals surface area contributed by atoms with Crippen molar-refractivity contribution in [2.75, 3.05) is 78.9 Å². The minimum atomic E-state index is -0.538. The van der Waals surface area contributed by atoms with E-state index in [0.29, 0.717) is 24.6 Å². The third-order valence-corrected chi connectivity index (χ3v) is 4.85. The summed E-state index contributed by atoms with van der Waals surface area (Å²) >= 11 is 0. The van der Waals surface area contributed by atoms with E-state index in [1.165, 1.54) is 0 Å². The smallest absolute Gasteiger partial charge is 0.119 e. The number of benzene rings is 1. The van der Waals surface area contributed by atoms with Crippen LogP contribution in [0.2, 0.25) is 0 Å². The van der Waals surface area contributed by atoms with Crippen LogP contribution in [0.1, 0.15) is 0 Å². The number of aliphatic hydroxyl groups excluding tert-OH is 2. The van der Waals surface area contributed by atoms with Crippen LogP contribution >= 0.6 is 0 Å². The van der Waals surface area contributed by atoms with Crippen molar-refractivity contribution in [3.05, 3.63) is 24.3 Å². The molecule has 8 heteroatoms. The van der Waals surface area contributed by atoms with Gasteiger partial charge in [0.2, 0.25) is 0 Å². The van der Waals surface area contributed by atoms with Crippen molar-refractivity contribution in [2.45, 2.75) is 12.2 Å². The molecule has 2 heterocycles. The zero-order valence-corrected chi connectivity index (χ0v) is 16.4. The van der Waals surface area contributed by atoms with E-state index in [2.05, 4.69) is 9.80 Å². The summed E-state index contributed by atoms with van der Waals surface area (Å²) < 4.78 is 21.9. The molecule has 3 rings (SSSR count). The molecule has 0 bridgehead atoms. The van der Waals surface area contributed by atoms with Crippen molar-refractivity contribution in [3.63, 3.8) is 0 Å². The van der Waals surface area contributed by atoms with Crippen LogP contribution in [0.4, 0.5) is 0 Å². The van der Waals surface area contributed by atoms with Crippen LogP contribution in [-0.2, 0) is 9.47 Å². The van der Waals surface area contributed by atoms with Crippen molar-refractivity contribution >= 4 is 0 Å². The highest BCUT2D eigenvalue weighted by Crippen LogP contribution is 2.18. The molecular weight excluding hydrogens is 364 g/mol. The summed E-state index contributed by atoms with van der Waals surface area (Å²) in [5, 5.41) is 20.3. The molecule has 8 nitrogen and oxygen atoms in total. The fourth-order valence-corrected chi connectivity index (χ4v) is 3.29. The van der Waals surface area contributed by atoms with Gasteiger partial charge in [0.05, 0.1) is 26.4 Å². The summed E-state index contributed by atoms with van der Waals surface area (Å²) in [6.07, 6.45) is -1.08. The highest BCUT2D eigenvalue weighted by molar-refractivity contribution is 5.31. The number of hydrogen-bond acceptors (Lipinski definition) is 8. The van der Waals surface area contributed by atoms with Crippen LogP contribution in [-0.4, -0.2) is 111 Å². The number of hydrogen-bond donors (Lipinski definition) is 2. The molecule has 0 aromatic heterocycles. The fraction of sp³-hybridized carbons (Fsp3) is 0.700. The summed E-state index contributed by atoms with van der Waals surface area (Å²) in [6.45, 7) is 7.93. The van der Waals surface area contributed by atoms with E-state index in [1.54, 1.807) is 0 Å². The zero-order chi connectivity index (χ0) is 19.6. The van der Waals surface area contributed by atoms with Gasteiger partial charge >= 0.3 is 0 Å². The second-order valence-corrected chi connectivity index (χ2v) is 7.23. The van der Waals surface area contributed by atoms with Gasteiger partial charge in [-0.15, -0.1) is 0 Å². The topological polar surface area (TPSA) is 83.9 Å². The molecule has 2 aliphatic rings. The van der Waals surface area contributed by atoms with E-state index in [9.17, 15) is 10.2 Å². The molecule has 0 radical (unpaired) electrons. The predicted octanol–water partition coefficient (Wildman–Crippen LogP) is -0.170. The van der Waals surface area contributed by atoms with Crippen molar-refractivity contribution in [1.82, 2.24) is 9.80 Å². The Morgan fingerprint density at radius 3 is 1.43 bits per heavy atom. The standard InChI is InChI=1S/C20H32N2O6/c23-17(13-21-5-9-25-10-6-21)15-27-19-1-2-20(4-3-19)28-16-18(24)14-22-7-11-26-12-8-22/h1-4,17-18,23-24H,5-16H2. The van der Waals surface area contributed by atoms with Crippen molar-refractivity contribution in [1.29, 1.82) is 0 Å². The fourth-order valence-electron chi connectivity index (χ4n) is 3.29. The Hall–Kier alpha value is -1.42. The van der Waals surface area contributed by atoms with Gasteiger partial charge in [0.25, 0.3) is 0 Å². The molecule has 158 valence electrons. The monoisotopic (exact) mass is 396 g/mol. The van der Waals surface area contributed by atoms with Gasteiger partial charge in [-0.05, 0) is 24.3 Å². The molecule has 0 spiro atoms. The highest BCUT2D eigenvalue weighted by atomic mass is 16.5. The Morgan fingerprint density at radius 1 is 0.714 bits per heavy atom. The molecule has 2 fully saturated rings. The summed E-state index contributed by atoms with van der Waals surface area (Å²) in [6, 6.07) is 7.24. The first-order valence-electron chi connectivity index (χ1n) is 10.0. The first-order valence-corrected chi connectivity index (χ1v) is 10.0. The van der Waals surface area contributed by atoms with E-state index < -0.39 is 12.2 Å². The lowest BCUT2D eigenvalue weighted by Crippen LogP contribution is -2.42. The molecular formula is C20H32N2O6. The Bertz CT molecular complexity index is 497. The second kappa shape index (κ2) is 11.5. The number of β-amino-alcohol motifs (C(OH)–C–C–N with tert-alkyl or cyclic N) is 2. The third kappa shape index (κ3) is 7.54. The highest BCUT2D eigenvalue weighted by Gasteiger charge is 2.16. The van der Waals surface area contributed by atoms with E-state index >= 15 is 0 Å². The molecule has 2 N–H and O–H groups in total. The minimum Gasteiger partial charge on any atom is -0.491 e. The quantitative estimate of drug-likeness (QED) is 0.564. The number of aliphatic hydroxyl groups is 2. The van der Waals surface area contributed by atoms with E-state index in [-0.39, 0.29) is 13.2 Å². The first-order chi connectivity index (χ1) is 13.7. The van der Waals surface area contributed by atoms with Gasteiger partial charge in [0, 0.05) is 39.3 Å². The van der Waals surface area contributed by atoms with Crippen LogP contribution < -0.4 is 9.47 Å². The van der Waals surface area contributed by atoms with Gasteiger partial charge in [-0.1, -0.05) is 0 Å². The molecule has 2 saturated heterocycles. The lowest BCUT2D eigenvalue weighted by molar-refractivity contribution is 0.00419. The van der Waals surface area contributed by atoms with Crippen molar-refractivity contribution in [2.24, 2.45) is 0 Å². The van der Waals surface area contributed by atoms with Gasteiger partial charge in [-0.2, -0.15) is 0 Å². The van der Waals surface area contributed by atoms with Gasteiger partial charge in [-0.25, -0.2) is 0 Å². The first kappa shape index (κ1) is 21.3. The molecule has 0 saturated carbocycles. The largest absolute Gasteiger partial charge is 0.491 e. The lowest BCUT2D eigenvalue weighted by atomic mass is 10.3. The van der Waals surface area contributed by atoms with Crippen LogP contribution in [0.25, 0.3) is 0 Å². The molecule has 2 aliphatic heterocycles. The summed E-state index contributed by atoms with van der Waals surface area (Å²) in [5.74, 6) is 1.37. The van der Waals surface area contributed by atoms with Crippen molar-refractivity contribution < 1.29 is 29.2 Å². The van der Waals surface area contributed by atoms with Crippen LogP contribution in [0.5, 0.6) is 11.5 Å². The molecule has 2 unspecified atom stereocenters. The molecule has 28 heavy (non-hydrogen) atoms. The van der Waals surface area contributed by atoms with Crippen LogP contribution in [0.3, 0.4) is 0 Å². The number of morpholine rings is 2. The lowest BCUT2D eigenvalue weighted by Gasteiger charge is -2.28. The average molecular weight is 396 g/mol. The molecule has 1 aromatic carbocycles. The second-order valence-electron chi connectivity index (χ2n) is 7.23. The minimum absolute atomic E-state index is 0.246. The van der Waals surface area contributed by atoms with E-state index in [1.807, 2.05) is 24.3 Å². The Kier molecular flexibility index (Phi) is 8.78. The molecule has 1 aromatic rings. The summed E-state index contributed by atoms with van der Waals surface area (Å²) in [7, 11) is 0. The zero-order valence-electron chi connectivity index (χ0n) is 16.4. The predicted molar refractivity (Wildman–Crippen MR) is 104 cm³/mol. The van der Waals surface area contributed by atoms with Gasteiger partial charge in [0.15, 0.2) is 0 Å². The Balaban J connectivity index is 1.32. The summed E-state index contributed by atoms with van der Waals surface area (Å²) in [4.78, 5) is 4.35. The number of nitrogens with zero attached hydrogens (tertiary/aromatic N) is 2. The molecule has 0 amide bonds. The van der Waals surface area contributed by atoms with Gasteiger partial charge < -0.3 is 29.2 Å². The maximum atomic E-state index is 10.1. The Labute approximate surface area is 166 Å². The normalized spacial score (nSPS) is 21.2. The number of rotatable bonds is 10. The van der Waals surface area contributed by atoms with E-state index in [4.69, 9.17) is 18.9 Å². The maximum Gasteiger partial charge on any atom is 0.119 e. The van der Waals surface area contributed by atoms with Gasteiger partial charge in [-0.3, -0.25) is 9.80 Å². The van der Waals surface area contributed by atoms with Crippen LogP contribution in [0.15, 0.2) is 24.3 Å². The third-order valence-electron chi connectivity index (χ3n) is 4.85. The van der Waals surface area contributed by atoms with Crippen molar-refractivity contribution in [3.8, 4) is 11.5 Å². The van der Waals surface area contributed by atoms with E-state index in [0.717, 1.165) is 52.6 Å².